The van der Waals surface area contributed by atoms with Crippen LogP contribution in [0, 0.1) is 0 Å². The summed E-state index contributed by atoms with van der Waals surface area (Å²) in [6.45, 7) is 8.72. The molecule has 4 heterocycles. The summed E-state index contributed by atoms with van der Waals surface area (Å²) in [5.74, 6) is 1.93. The van der Waals surface area contributed by atoms with E-state index in [4.69, 9.17) is 14.2 Å². The first-order valence-corrected chi connectivity index (χ1v) is 12.2. The molecule has 0 aromatic heterocycles. The molecule has 0 bridgehead atoms. The molecule has 4 aliphatic rings. The molecule has 2 amide bonds. The van der Waals surface area contributed by atoms with Gasteiger partial charge in [-0.25, -0.2) is 0 Å². The van der Waals surface area contributed by atoms with Gasteiger partial charge in [-0.05, 0) is 30.5 Å². The summed E-state index contributed by atoms with van der Waals surface area (Å²) in [6, 6.07) is 6.16. The second kappa shape index (κ2) is 10.3. The van der Waals surface area contributed by atoms with Crippen molar-refractivity contribution in [3.63, 3.8) is 0 Å². The van der Waals surface area contributed by atoms with E-state index in [2.05, 4.69) is 15.9 Å². The fourth-order valence-corrected chi connectivity index (χ4v) is 5.17. The number of carbonyl (C=O) groups is 2. The lowest BCUT2D eigenvalue weighted by atomic mass is 10.0. The Morgan fingerprint density at radius 1 is 0.788 bits per heavy atom. The smallest absolute Gasteiger partial charge is 0.237 e. The van der Waals surface area contributed by atoms with Crippen LogP contribution in [-0.2, 0) is 14.3 Å². The Morgan fingerprint density at radius 3 is 2.18 bits per heavy atom. The summed E-state index contributed by atoms with van der Waals surface area (Å²) in [4.78, 5) is 34.0. The fraction of sp³-hybridized carbons (Fsp3) is 0.667. The van der Waals surface area contributed by atoms with E-state index in [1.54, 1.807) is 0 Å². The molecule has 4 aliphatic heterocycles. The average Bonchev–Trinajstić information content (AvgIpc) is 3.36. The molecule has 9 nitrogen and oxygen atoms in total. The van der Waals surface area contributed by atoms with E-state index in [-0.39, 0.29) is 17.9 Å². The van der Waals surface area contributed by atoms with Crippen molar-refractivity contribution >= 4 is 11.8 Å². The maximum Gasteiger partial charge on any atom is 0.237 e. The molecule has 1 unspecified atom stereocenters. The van der Waals surface area contributed by atoms with Gasteiger partial charge in [0.25, 0.3) is 0 Å². The first-order valence-electron chi connectivity index (χ1n) is 12.2. The minimum atomic E-state index is 0.0979. The van der Waals surface area contributed by atoms with Crippen LogP contribution >= 0.6 is 0 Å². The minimum absolute atomic E-state index is 0.0979. The average molecular weight is 459 g/mol. The van der Waals surface area contributed by atoms with Crippen molar-refractivity contribution in [3.8, 4) is 11.5 Å². The van der Waals surface area contributed by atoms with Crippen molar-refractivity contribution in [2.45, 2.75) is 18.9 Å². The maximum absolute atomic E-state index is 13.2. The molecule has 0 N–H and O–H groups in total. The number of hydrogen-bond donors (Lipinski definition) is 0. The normalized spacial score (nSPS) is 24.2. The zero-order valence-electron chi connectivity index (χ0n) is 19.2. The van der Waals surface area contributed by atoms with Crippen LogP contribution in [0.3, 0.4) is 0 Å². The molecule has 3 fully saturated rings. The molecule has 0 radical (unpaired) electrons. The second-order valence-electron chi connectivity index (χ2n) is 9.19. The molecule has 1 atom stereocenters. The molecular weight excluding hydrogens is 424 g/mol. The van der Waals surface area contributed by atoms with Crippen LogP contribution in [0.1, 0.15) is 24.4 Å². The van der Waals surface area contributed by atoms with E-state index < -0.39 is 0 Å². The van der Waals surface area contributed by atoms with Gasteiger partial charge in [0.05, 0.1) is 32.3 Å². The van der Waals surface area contributed by atoms with Gasteiger partial charge in [-0.15, -0.1) is 0 Å². The number of likely N-dealkylation sites (tertiary alicyclic amines) is 1. The van der Waals surface area contributed by atoms with Crippen molar-refractivity contribution in [1.29, 1.82) is 0 Å². The number of amides is 2. The Kier molecular flexibility index (Phi) is 6.99. The Morgan fingerprint density at radius 2 is 1.45 bits per heavy atom. The van der Waals surface area contributed by atoms with E-state index in [1.807, 2.05) is 21.9 Å². The van der Waals surface area contributed by atoms with E-state index in [9.17, 15) is 9.59 Å². The van der Waals surface area contributed by atoms with Gasteiger partial charge in [-0.2, -0.15) is 0 Å². The van der Waals surface area contributed by atoms with Crippen molar-refractivity contribution in [3.05, 3.63) is 23.8 Å². The van der Waals surface area contributed by atoms with Gasteiger partial charge in [0.2, 0.25) is 11.8 Å². The lowest BCUT2D eigenvalue weighted by Crippen LogP contribution is -2.53. The van der Waals surface area contributed by atoms with E-state index in [1.165, 1.54) is 0 Å². The van der Waals surface area contributed by atoms with E-state index in [0.29, 0.717) is 52.6 Å². The highest BCUT2D eigenvalue weighted by Gasteiger charge is 2.32. The third-order valence-corrected chi connectivity index (χ3v) is 7.07. The first kappa shape index (κ1) is 22.4. The van der Waals surface area contributed by atoms with Crippen molar-refractivity contribution < 1.29 is 23.8 Å². The molecule has 0 spiro atoms. The largest absolute Gasteiger partial charge is 0.486 e. The van der Waals surface area contributed by atoms with Crippen LogP contribution in [0.2, 0.25) is 0 Å². The molecule has 1 aromatic rings. The van der Waals surface area contributed by atoms with Crippen molar-refractivity contribution in [1.82, 2.24) is 19.6 Å². The predicted octanol–water partition coefficient (Wildman–Crippen LogP) is 0.598. The monoisotopic (exact) mass is 458 g/mol. The van der Waals surface area contributed by atoms with Gasteiger partial charge >= 0.3 is 0 Å². The van der Waals surface area contributed by atoms with E-state index >= 15 is 0 Å². The van der Waals surface area contributed by atoms with Gasteiger partial charge in [-0.3, -0.25) is 19.4 Å². The van der Waals surface area contributed by atoms with E-state index in [0.717, 1.165) is 62.6 Å². The number of fused-ring (bicyclic) bond motifs is 1. The van der Waals surface area contributed by atoms with Gasteiger partial charge in [0, 0.05) is 45.8 Å². The Labute approximate surface area is 195 Å². The molecule has 9 heteroatoms. The van der Waals surface area contributed by atoms with Crippen LogP contribution in [0.4, 0.5) is 0 Å². The predicted molar refractivity (Wildman–Crippen MR) is 121 cm³/mol. The molecule has 180 valence electrons. The van der Waals surface area contributed by atoms with Crippen molar-refractivity contribution in [2.24, 2.45) is 0 Å². The molecule has 0 aliphatic carbocycles. The van der Waals surface area contributed by atoms with Crippen molar-refractivity contribution in [2.75, 3.05) is 85.3 Å². The zero-order valence-corrected chi connectivity index (χ0v) is 19.2. The standard InChI is InChI=1S/C24H34N4O5/c29-23(27-10-12-31-13-11-27)17-25-6-8-26(9-7-25)18-24(30)28-5-1-2-20(28)19-3-4-21-22(16-19)33-15-14-32-21/h3-4,16,20H,1-2,5-15,17-18H2. The highest BCUT2D eigenvalue weighted by atomic mass is 16.6. The Bertz CT molecular complexity index is 851. The number of carbonyl (C=O) groups excluding carboxylic acids is 2. The zero-order chi connectivity index (χ0) is 22.6. The number of morpholine rings is 1. The molecule has 33 heavy (non-hydrogen) atoms. The quantitative estimate of drug-likeness (QED) is 0.640. The second-order valence-corrected chi connectivity index (χ2v) is 9.19. The first-order chi connectivity index (χ1) is 16.2. The summed E-state index contributed by atoms with van der Waals surface area (Å²) in [5.41, 5.74) is 1.12. The number of benzene rings is 1. The summed E-state index contributed by atoms with van der Waals surface area (Å²) in [5, 5.41) is 0. The van der Waals surface area contributed by atoms with Crippen LogP contribution in [0.15, 0.2) is 18.2 Å². The highest BCUT2D eigenvalue weighted by Crippen LogP contribution is 2.38. The Balaban J connectivity index is 1.11. The van der Waals surface area contributed by atoms with Gasteiger partial charge in [0.1, 0.15) is 13.2 Å². The summed E-state index contributed by atoms with van der Waals surface area (Å²) in [7, 11) is 0. The number of ether oxygens (including phenoxy) is 3. The SMILES string of the molecule is O=C(CN1CCN(CC(=O)N2CCCC2c2ccc3c(c2)OCCO3)CC1)N1CCOCC1. The third-order valence-electron chi connectivity index (χ3n) is 7.07. The van der Waals surface area contributed by atoms with Gasteiger partial charge in [-0.1, -0.05) is 6.07 Å². The maximum atomic E-state index is 13.2. The van der Waals surface area contributed by atoms with Gasteiger partial charge in [0.15, 0.2) is 11.5 Å². The third kappa shape index (κ3) is 5.26. The lowest BCUT2D eigenvalue weighted by molar-refractivity contribution is -0.138. The number of piperazine rings is 1. The molecule has 0 saturated carbocycles. The van der Waals surface area contributed by atoms with Crippen LogP contribution < -0.4 is 9.47 Å². The van der Waals surface area contributed by atoms with Crippen LogP contribution in [0.25, 0.3) is 0 Å². The summed E-state index contributed by atoms with van der Waals surface area (Å²) >= 11 is 0. The Hall–Kier alpha value is -2.36. The van der Waals surface area contributed by atoms with Crippen LogP contribution in [-0.4, -0.2) is 117 Å². The summed E-state index contributed by atoms with van der Waals surface area (Å²) in [6.07, 6.45) is 1.99. The number of nitrogens with zero attached hydrogens (tertiary/aromatic N) is 4. The molecule has 1 aromatic carbocycles. The van der Waals surface area contributed by atoms with Gasteiger partial charge < -0.3 is 24.0 Å². The number of hydrogen-bond acceptors (Lipinski definition) is 7. The lowest BCUT2D eigenvalue weighted by Gasteiger charge is -2.36. The van der Waals surface area contributed by atoms with Crippen LogP contribution in [0.5, 0.6) is 11.5 Å². The minimum Gasteiger partial charge on any atom is -0.486 e. The molecular formula is C24H34N4O5. The number of rotatable bonds is 5. The topological polar surface area (TPSA) is 74.8 Å². The molecule has 3 saturated heterocycles. The fourth-order valence-electron chi connectivity index (χ4n) is 5.17. The summed E-state index contributed by atoms with van der Waals surface area (Å²) < 4.78 is 16.7. The molecule has 5 rings (SSSR count). The highest BCUT2D eigenvalue weighted by molar-refractivity contribution is 5.79.